The van der Waals surface area contributed by atoms with Crippen LogP contribution in [0.4, 0.5) is 20.2 Å². The number of ether oxygens (including phenoxy) is 2. The number of nitrogens with one attached hydrogen (secondary N) is 1. The summed E-state index contributed by atoms with van der Waals surface area (Å²) in [6.07, 6.45) is 9.48. The molecule has 1 aliphatic carbocycles. The molecule has 0 spiro atoms. The van der Waals surface area contributed by atoms with Gasteiger partial charge in [-0.2, -0.15) is 4.39 Å². The van der Waals surface area contributed by atoms with Gasteiger partial charge < -0.3 is 24.6 Å². The molecule has 0 amide bonds. The number of methoxy groups -OCH3 is 1. The number of hydrogen-bond acceptors (Lipinski definition) is 6. The molecule has 6 rings (SSSR count). The minimum atomic E-state index is -0.975. The van der Waals surface area contributed by atoms with Gasteiger partial charge in [-0.25, -0.2) is 4.39 Å². The minimum absolute atomic E-state index is 0.215. The summed E-state index contributed by atoms with van der Waals surface area (Å²) in [6, 6.07) is 10.6. The van der Waals surface area contributed by atoms with Crippen LogP contribution in [0.25, 0.3) is 10.9 Å². The van der Waals surface area contributed by atoms with Gasteiger partial charge in [0.05, 0.1) is 24.9 Å². The van der Waals surface area contributed by atoms with Crippen molar-refractivity contribution in [3.05, 3.63) is 53.2 Å². The largest absolute Gasteiger partial charge is 0.493 e. The number of halogens is 2. The first-order chi connectivity index (χ1) is 19.6. The molecule has 1 aromatic heterocycles. The number of fused-ring (bicyclic) bond motifs is 2. The molecule has 0 unspecified atom stereocenters. The SMILES string of the molecule is COc1cc2c(NC3CCN(c4cc#cc(F)c4F)CC3)c3c(nc2cc1OCCCN1CCCC1)CCCC3. The third-order valence-electron chi connectivity index (χ3n) is 8.61. The molecule has 0 atom stereocenters. The molecule has 1 N–H and O–H groups in total. The van der Waals surface area contributed by atoms with Gasteiger partial charge in [-0.3, -0.25) is 4.98 Å². The molecule has 2 saturated heterocycles. The van der Waals surface area contributed by atoms with Crippen LogP contribution in [0.2, 0.25) is 0 Å². The Morgan fingerprint density at radius 2 is 1.82 bits per heavy atom. The van der Waals surface area contributed by atoms with E-state index in [4.69, 9.17) is 14.5 Å². The van der Waals surface area contributed by atoms with Crippen LogP contribution in [0, 0.1) is 23.8 Å². The number of aryl methyl sites for hydroxylation is 1. The molecule has 40 heavy (non-hydrogen) atoms. The van der Waals surface area contributed by atoms with E-state index in [-0.39, 0.29) is 11.7 Å². The second kappa shape index (κ2) is 12.1. The number of pyridine rings is 1. The lowest BCUT2D eigenvalue weighted by Gasteiger charge is -2.35. The quantitative estimate of drug-likeness (QED) is 0.334. The maximum absolute atomic E-state index is 14.4. The fourth-order valence-electron chi connectivity index (χ4n) is 6.44. The molecule has 2 aliphatic heterocycles. The van der Waals surface area contributed by atoms with Crippen LogP contribution in [0.3, 0.4) is 0 Å². The summed E-state index contributed by atoms with van der Waals surface area (Å²) >= 11 is 0. The van der Waals surface area contributed by atoms with Crippen molar-refractivity contribution in [1.29, 1.82) is 0 Å². The maximum Gasteiger partial charge on any atom is 0.211 e. The summed E-state index contributed by atoms with van der Waals surface area (Å²) in [7, 11) is 1.69. The molecule has 0 saturated carbocycles. The fourth-order valence-corrected chi connectivity index (χ4v) is 6.44. The Kier molecular flexibility index (Phi) is 8.10. The first-order valence-electron chi connectivity index (χ1n) is 14.8. The molecule has 8 heteroatoms. The van der Waals surface area contributed by atoms with Gasteiger partial charge in [0.25, 0.3) is 0 Å². The van der Waals surface area contributed by atoms with E-state index >= 15 is 0 Å². The van der Waals surface area contributed by atoms with Gasteiger partial charge in [0.1, 0.15) is 0 Å². The number of hydrogen-bond donors (Lipinski definition) is 1. The van der Waals surface area contributed by atoms with Crippen LogP contribution in [-0.2, 0) is 12.8 Å². The predicted octanol–water partition coefficient (Wildman–Crippen LogP) is 5.95. The van der Waals surface area contributed by atoms with Gasteiger partial charge in [-0.05, 0) is 88.6 Å². The Bertz CT molecular complexity index is 1340. The molecule has 3 aromatic rings. The smallest absolute Gasteiger partial charge is 0.211 e. The zero-order chi connectivity index (χ0) is 27.5. The molecule has 0 radical (unpaired) electrons. The van der Waals surface area contributed by atoms with Gasteiger partial charge in [0.15, 0.2) is 17.3 Å². The second-order valence-electron chi connectivity index (χ2n) is 11.2. The molecule has 3 heterocycles. The minimum Gasteiger partial charge on any atom is -0.493 e. The summed E-state index contributed by atoms with van der Waals surface area (Å²) in [5.41, 5.74) is 4.78. The third-order valence-corrected chi connectivity index (χ3v) is 8.61. The van der Waals surface area contributed by atoms with Gasteiger partial charge in [0, 0.05) is 54.6 Å². The lowest BCUT2D eigenvalue weighted by molar-refractivity contribution is 0.254. The topological polar surface area (TPSA) is 49.9 Å². The fraction of sp³-hybridized carbons (Fsp3) is 0.531. The van der Waals surface area contributed by atoms with E-state index in [0.717, 1.165) is 85.3 Å². The van der Waals surface area contributed by atoms with Crippen molar-refractivity contribution >= 4 is 22.3 Å². The van der Waals surface area contributed by atoms with E-state index in [1.54, 1.807) is 7.11 Å². The molecule has 3 aliphatic rings. The zero-order valence-electron chi connectivity index (χ0n) is 23.3. The standard InChI is InChI=1S/C32H38F2N4O2/c1-39-29-20-24-27(21-30(29)40-19-7-16-37-14-4-5-15-37)36-26-10-3-2-8-23(26)32(24)35-22-12-17-38(18-13-22)28-11-6-9-25(33)31(28)34/h11,20-22H,2-5,7-8,10,12-19H2,1H3,(H,35,36). The molecular formula is C32H38F2N4O2. The Morgan fingerprint density at radius 1 is 1.02 bits per heavy atom. The molecule has 2 aromatic carbocycles. The van der Waals surface area contributed by atoms with Crippen molar-refractivity contribution in [3.63, 3.8) is 0 Å². The highest BCUT2D eigenvalue weighted by molar-refractivity contribution is 5.96. The highest BCUT2D eigenvalue weighted by Crippen LogP contribution is 2.40. The maximum atomic E-state index is 14.4. The lowest BCUT2D eigenvalue weighted by atomic mass is 9.91. The Balaban J connectivity index is 1.21. The van der Waals surface area contributed by atoms with Gasteiger partial charge in [-0.15, -0.1) is 0 Å². The van der Waals surface area contributed by atoms with Crippen molar-refractivity contribution in [3.8, 4) is 11.5 Å². The molecule has 6 nitrogen and oxygen atoms in total. The summed E-state index contributed by atoms with van der Waals surface area (Å²) in [6.45, 7) is 5.38. The number of benzene rings is 1. The number of anilines is 2. The highest BCUT2D eigenvalue weighted by Gasteiger charge is 2.26. The van der Waals surface area contributed by atoms with Gasteiger partial charge in [-0.1, -0.05) is 6.07 Å². The van der Waals surface area contributed by atoms with Crippen LogP contribution in [0.15, 0.2) is 18.2 Å². The summed E-state index contributed by atoms with van der Waals surface area (Å²) in [5, 5.41) is 4.90. The van der Waals surface area contributed by atoms with Crippen LogP contribution < -0.4 is 19.7 Å². The van der Waals surface area contributed by atoms with Crippen LogP contribution >= 0.6 is 0 Å². The predicted molar refractivity (Wildman–Crippen MR) is 154 cm³/mol. The number of likely N-dealkylation sites (tertiary alicyclic amines) is 1. The first-order valence-corrected chi connectivity index (χ1v) is 14.8. The van der Waals surface area contributed by atoms with E-state index in [0.29, 0.717) is 19.7 Å². The number of rotatable bonds is 9. The Morgan fingerprint density at radius 3 is 2.62 bits per heavy atom. The van der Waals surface area contributed by atoms with Crippen LogP contribution in [0.5, 0.6) is 11.5 Å². The third kappa shape index (κ3) is 5.62. The van der Waals surface area contributed by atoms with Crippen LogP contribution in [0.1, 0.15) is 56.2 Å². The summed E-state index contributed by atoms with van der Waals surface area (Å²) in [5.74, 6) is -0.360. The zero-order valence-corrected chi connectivity index (χ0v) is 23.3. The van der Waals surface area contributed by atoms with Crippen molar-refractivity contribution in [2.24, 2.45) is 0 Å². The van der Waals surface area contributed by atoms with E-state index in [9.17, 15) is 8.78 Å². The summed E-state index contributed by atoms with van der Waals surface area (Å²) in [4.78, 5) is 9.49. The Labute approximate surface area is 235 Å². The highest BCUT2D eigenvalue weighted by atomic mass is 19.2. The van der Waals surface area contributed by atoms with Crippen LogP contribution in [-0.4, -0.2) is 62.4 Å². The van der Waals surface area contributed by atoms with Crippen molar-refractivity contribution in [2.75, 3.05) is 56.7 Å². The summed E-state index contributed by atoms with van der Waals surface area (Å²) < 4.78 is 40.1. The van der Waals surface area contributed by atoms with Crippen molar-refractivity contribution in [2.45, 2.75) is 63.8 Å². The average Bonchev–Trinajstić information content (AvgIpc) is 3.50. The van der Waals surface area contributed by atoms with E-state index in [1.807, 2.05) is 11.0 Å². The average molecular weight is 549 g/mol. The lowest BCUT2D eigenvalue weighted by Crippen LogP contribution is -2.39. The van der Waals surface area contributed by atoms with Crippen molar-refractivity contribution < 1.29 is 18.3 Å². The molecule has 0 bridgehead atoms. The van der Waals surface area contributed by atoms with E-state index in [2.05, 4.69) is 28.4 Å². The molecular weight excluding hydrogens is 510 g/mol. The van der Waals surface area contributed by atoms with E-state index < -0.39 is 11.6 Å². The Hall–Kier alpha value is -3.31. The second-order valence-corrected chi connectivity index (χ2v) is 11.2. The number of nitrogens with zero attached hydrogens (tertiary/aromatic N) is 3. The van der Waals surface area contributed by atoms with E-state index in [1.165, 1.54) is 37.6 Å². The van der Waals surface area contributed by atoms with Gasteiger partial charge in [0.2, 0.25) is 5.82 Å². The number of aromatic nitrogens is 1. The number of piperidine rings is 1. The molecule has 2 fully saturated rings. The van der Waals surface area contributed by atoms with Crippen molar-refractivity contribution in [1.82, 2.24) is 9.88 Å². The first kappa shape index (κ1) is 26.9. The molecule has 212 valence electrons. The monoisotopic (exact) mass is 548 g/mol. The van der Waals surface area contributed by atoms with Gasteiger partial charge >= 0.3 is 0 Å². The normalized spacial score (nSPS) is 18.0.